The van der Waals surface area contributed by atoms with E-state index in [1.54, 1.807) is 6.20 Å². The minimum Gasteiger partial charge on any atom is -0.338 e. The van der Waals surface area contributed by atoms with Crippen LogP contribution in [0.5, 0.6) is 0 Å². The first-order chi connectivity index (χ1) is 8.31. The Morgan fingerprint density at radius 3 is 2.82 bits per heavy atom. The Hall–Kier alpha value is -2.14. The third-order valence-electron chi connectivity index (χ3n) is 2.28. The van der Waals surface area contributed by atoms with E-state index < -0.39 is 0 Å². The van der Waals surface area contributed by atoms with Gasteiger partial charge in [-0.25, -0.2) is 0 Å². The van der Waals surface area contributed by atoms with Gasteiger partial charge in [0, 0.05) is 13.0 Å². The molecule has 5 heteroatoms. The number of hydrogen-bond acceptors (Lipinski definition) is 4. The van der Waals surface area contributed by atoms with Gasteiger partial charge >= 0.3 is 0 Å². The molecule has 1 heterocycles. The van der Waals surface area contributed by atoms with Crippen molar-refractivity contribution in [3.8, 4) is 11.1 Å². The normalized spacial score (nSPS) is 10.2. The Balaban J connectivity index is 2.20. The molecule has 5 nitrogen and oxygen atoms in total. The minimum atomic E-state index is -0.179. The maximum Gasteiger partial charge on any atom is 0.239 e. The third kappa shape index (κ3) is 2.70. The van der Waals surface area contributed by atoms with Gasteiger partial charge in [-0.3, -0.25) is 10.1 Å². The van der Waals surface area contributed by atoms with E-state index in [1.165, 1.54) is 0 Å². The van der Waals surface area contributed by atoms with Crippen LogP contribution in [-0.4, -0.2) is 17.6 Å². The van der Waals surface area contributed by atoms with Gasteiger partial charge in [0.15, 0.2) is 0 Å². The summed E-state index contributed by atoms with van der Waals surface area (Å²) >= 11 is 0. The van der Waals surface area contributed by atoms with Crippen molar-refractivity contribution in [2.24, 2.45) is 5.73 Å². The Morgan fingerprint density at radius 1 is 1.35 bits per heavy atom. The number of nitrogens with two attached hydrogens (primary N) is 1. The van der Waals surface area contributed by atoms with E-state index in [1.807, 2.05) is 30.3 Å². The van der Waals surface area contributed by atoms with Crippen LogP contribution in [0, 0.1) is 0 Å². The predicted molar refractivity (Wildman–Crippen MR) is 64.2 cm³/mol. The van der Waals surface area contributed by atoms with Crippen LogP contribution in [0.25, 0.3) is 11.1 Å². The lowest BCUT2D eigenvalue weighted by atomic mass is 10.1. The van der Waals surface area contributed by atoms with Crippen LogP contribution in [0.15, 0.2) is 41.1 Å². The van der Waals surface area contributed by atoms with Gasteiger partial charge in [0.1, 0.15) is 0 Å². The van der Waals surface area contributed by atoms with Crippen molar-refractivity contribution >= 4 is 11.8 Å². The molecule has 17 heavy (non-hydrogen) atoms. The van der Waals surface area contributed by atoms with E-state index in [0.29, 0.717) is 12.4 Å². The highest BCUT2D eigenvalue weighted by molar-refractivity contribution is 5.93. The van der Waals surface area contributed by atoms with Crippen LogP contribution in [-0.2, 0) is 4.79 Å². The van der Waals surface area contributed by atoms with Crippen LogP contribution in [0.1, 0.15) is 6.42 Å². The van der Waals surface area contributed by atoms with Gasteiger partial charge in [0.25, 0.3) is 0 Å². The van der Waals surface area contributed by atoms with E-state index in [4.69, 9.17) is 10.3 Å². The zero-order valence-electron chi connectivity index (χ0n) is 9.22. The average molecular weight is 231 g/mol. The molecule has 0 atom stereocenters. The molecular formula is C12H13N3O2. The second-order valence-corrected chi connectivity index (χ2v) is 3.52. The van der Waals surface area contributed by atoms with Crippen LogP contribution in [0.2, 0.25) is 0 Å². The molecule has 0 spiro atoms. The fourth-order valence-corrected chi connectivity index (χ4v) is 1.47. The third-order valence-corrected chi connectivity index (χ3v) is 2.28. The largest absolute Gasteiger partial charge is 0.338 e. The van der Waals surface area contributed by atoms with Crippen molar-refractivity contribution in [1.29, 1.82) is 0 Å². The first-order valence-corrected chi connectivity index (χ1v) is 5.31. The molecule has 0 aliphatic carbocycles. The van der Waals surface area contributed by atoms with Crippen molar-refractivity contribution < 1.29 is 9.32 Å². The van der Waals surface area contributed by atoms with Gasteiger partial charge in [-0.05, 0) is 5.56 Å². The van der Waals surface area contributed by atoms with Crippen LogP contribution in [0.4, 0.5) is 5.88 Å². The fourth-order valence-electron chi connectivity index (χ4n) is 1.47. The second kappa shape index (κ2) is 5.27. The zero-order valence-corrected chi connectivity index (χ0v) is 9.22. The van der Waals surface area contributed by atoms with Crippen molar-refractivity contribution in [1.82, 2.24) is 5.16 Å². The molecule has 88 valence electrons. The zero-order chi connectivity index (χ0) is 12.1. The van der Waals surface area contributed by atoms with Crippen molar-refractivity contribution in [3.05, 3.63) is 36.5 Å². The lowest BCUT2D eigenvalue weighted by Crippen LogP contribution is -2.16. The van der Waals surface area contributed by atoms with E-state index >= 15 is 0 Å². The van der Waals surface area contributed by atoms with Gasteiger partial charge < -0.3 is 10.3 Å². The lowest BCUT2D eigenvalue weighted by molar-refractivity contribution is -0.116. The maximum atomic E-state index is 11.4. The Kier molecular flexibility index (Phi) is 3.52. The number of hydrogen-bond donors (Lipinski definition) is 2. The van der Waals surface area contributed by atoms with Gasteiger partial charge in [0.05, 0.1) is 11.8 Å². The standard InChI is InChI=1S/C12H13N3O2/c13-7-6-11(16)15-12-10(8-14-17-12)9-4-2-1-3-5-9/h1-5,8H,6-7,13H2,(H,15,16). The van der Waals surface area contributed by atoms with Crippen LogP contribution < -0.4 is 11.1 Å². The summed E-state index contributed by atoms with van der Waals surface area (Å²) in [5, 5.41) is 6.33. The number of benzene rings is 1. The Morgan fingerprint density at radius 2 is 2.12 bits per heavy atom. The number of nitrogens with zero attached hydrogens (tertiary/aromatic N) is 1. The summed E-state index contributed by atoms with van der Waals surface area (Å²) in [6.07, 6.45) is 1.84. The molecule has 0 unspecified atom stereocenters. The number of aromatic nitrogens is 1. The SMILES string of the molecule is NCCC(=O)Nc1oncc1-c1ccccc1. The molecular weight excluding hydrogens is 218 g/mol. The predicted octanol–water partition coefficient (Wildman–Crippen LogP) is 1.63. The van der Waals surface area contributed by atoms with E-state index in [9.17, 15) is 4.79 Å². The van der Waals surface area contributed by atoms with Gasteiger partial charge in [-0.2, -0.15) is 0 Å². The molecule has 1 aromatic carbocycles. The highest BCUT2D eigenvalue weighted by Crippen LogP contribution is 2.27. The summed E-state index contributed by atoms with van der Waals surface area (Å²) in [5.41, 5.74) is 7.00. The molecule has 0 aliphatic heterocycles. The number of rotatable bonds is 4. The first-order valence-electron chi connectivity index (χ1n) is 5.31. The summed E-state index contributed by atoms with van der Waals surface area (Å²) in [6, 6.07) is 9.58. The number of carbonyl (C=O) groups excluding carboxylic acids is 1. The Bertz CT molecular complexity index is 493. The summed E-state index contributed by atoms with van der Waals surface area (Å²) < 4.78 is 5.01. The molecule has 0 aliphatic rings. The maximum absolute atomic E-state index is 11.4. The van der Waals surface area contributed by atoms with E-state index in [0.717, 1.165) is 11.1 Å². The molecule has 1 amide bonds. The molecule has 1 aromatic heterocycles. The van der Waals surface area contributed by atoms with Gasteiger partial charge in [-0.15, -0.1) is 0 Å². The Labute approximate surface area is 98.6 Å². The highest BCUT2D eigenvalue weighted by Gasteiger charge is 2.12. The van der Waals surface area contributed by atoms with Crippen LogP contribution >= 0.6 is 0 Å². The minimum absolute atomic E-state index is 0.179. The number of carbonyl (C=O) groups is 1. The molecule has 0 bridgehead atoms. The summed E-state index contributed by atoms with van der Waals surface area (Å²) in [7, 11) is 0. The second-order valence-electron chi connectivity index (χ2n) is 3.52. The van der Waals surface area contributed by atoms with Crippen molar-refractivity contribution in [2.75, 3.05) is 11.9 Å². The van der Waals surface area contributed by atoms with Gasteiger partial charge in [0.2, 0.25) is 11.8 Å². The number of anilines is 1. The highest BCUT2D eigenvalue weighted by atomic mass is 16.5. The van der Waals surface area contributed by atoms with E-state index in [2.05, 4.69) is 10.5 Å². The molecule has 3 N–H and O–H groups in total. The average Bonchev–Trinajstić information content (AvgIpc) is 2.78. The molecule has 0 saturated carbocycles. The smallest absolute Gasteiger partial charge is 0.239 e. The van der Waals surface area contributed by atoms with Gasteiger partial charge in [-0.1, -0.05) is 35.5 Å². The lowest BCUT2D eigenvalue weighted by Gasteiger charge is -2.02. The fraction of sp³-hybridized carbons (Fsp3) is 0.167. The topological polar surface area (TPSA) is 81.2 Å². The van der Waals surface area contributed by atoms with E-state index in [-0.39, 0.29) is 12.3 Å². The van der Waals surface area contributed by atoms with Crippen molar-refractivity contribution in [3.63, 3.8) is 0 Å². The number of nitrogens with one attached hydrogen (secondary N) is 1. The molecule has 2 rings (SSSR count). The monoisotopic (exact) mass is 231 g/mol. The van der Waals surface area contributed by atoms with Crippen LogP contribution in [0.3, 0.4) is 0 Å². The molecule has 0 radical (unpaired) electrons. The first kappa shape index (κ1) is 11.3. The molecule has 2 aromatic rings. The number of amides is 1. The van der Waals surface area contributed by atoms with Crippen molar-refractivity contribution in [2.45, 2.75) is 6.42 Å². The summed E-state index contributed by atoms with van der Waals surface area (Å²) in [6.45, 7) is 0.306. The quantitative estimate of drug-likeness (QED) is 0.837. The molecule has 0 saturated heterocycles. The summed E-state index contributed by atoms with van der Waals surface area (Å²) in [5.74, 6) is 0.177. The molecule has 0 fully saturated rings. The summed E-state index contributed by atoms with van der Waals surface area (Å²) in [4.78, 5) is 11.4.